The first-order valence-corrected chi connectivity index (χ1v) is 10.7. The Morgan fingerprint density at radius 1 is 0.742 bits per heavy atom. The summed E-state index contributed by atoms with van der Waals surface area (Å²) in [6, 6.07) is -4.21. The summed E-state index contributed by atoms with van der Waals surface area (Å²) in [7, 11) is 0. The van der Waals surface area contributed by atoms with E-state index in [0.717, 1.165) is 0 Å². The van der Waals surface area contributed by atoms with Crippen molar-refractivity contribution in [2.24, 2.45) is 23.5 Å². The summed E-state index contributed by atoms with van der Waals surface area (Å²) in [4.78, 5) is 49.4. The maximum absolute atomic E-state index is 12.9. The van der Waals surface area contributed by atoms with Crippen molar-refractivity contribution in [1.29, 1.82) is 0 Å². The van der Waals surface area contributed by atoms with Gasteiger partial charge in [0.25, 0.3) is 0 Å². The molecule has 0 saturated heterocycles. The molecule has 0 bridgehead atoms. The third-order valence-corrected chi connectivity index (χ3v) is 4.73. The van der Waals surface area contributed by atoms with Crippen LogP contribution < -0.4 is 21.7 Å². The molecule has 0 saturated carbocycles. The van der Waals surface area contributed by atoms with Crippen LogP contribution in [0.15, 0.2) is 0 Å². The molecule has 31 heavy (non-hydrogen) atoms. The summed E-state index contributed by atoms with van der Waals surface area (Å²) in [6.07, 6.45) is -0.545. The van der Waals surface area contributed by atoms with Gasteiger partial charge in [0.1, 0.15) is 24.2 Å². The number of amides is 3. The van der Waals surface area contributed by atoms with E-state index in [0.29, 0.717) is 6.42 Å². The summed E-state index contributed by atoms with van der Waals surface area (Å²) in [5.74, 6) is -3.23. The number of carbonyl (C=O) groups is 4. The number of aliphatic hydroxyl groups excluding tert-OH is 1. The van der Waals surface area contributed by atoms with Gasteiger partial charge in [-0.1, -0.05) is 41.5 Å². The molecule has 0 heterocycles. The van der Waals surface area contributed by atoms with E-state index in [9.17, 15) is 29.4 Å². The van der Waals surface area contributed by atoms with Crippen LogP contribution in [0.2, 0.25) is 0 Å². The van der Waals surface area contributed by atoms with Crippen LogP contribution in [0.3, 0.4) is 0 Å². The Morgan fingerprint density at radius 2 is 1.19 bits per heavy atom. The smallest absolute Gasteiger partial charge is 0.326 e. The first kappa shape index (κ1) is 28.8. The van der Waals surface area contributed by atoms with Crippen LogP contribution in [-0.4, -0.2) is 64.2 Å². The molecule has 10 heteroatoms. The van der Waals surface area contributed by atoms with E-state index in [1.165, 1.54) is 6.92 Å². The van der Waals surface area contributed by atoms with Crippen molar-refractivity contribution in [2.75, 3.05) is 0 Å². The number of nitrogens with one attached hydrogen (secondary N) is 3. The number of nitrogens with two attached hydrogens (primary N) is 1. The molecule has 0 aliphatic carbocycles. The van der Waals surface area contributed by atoms with Crippen molar-refractivity contribution in [1.82, 2.24) is 16.0 Å². The lowest BCUT2D eigenvalue weighted by Crippen LogP contribution is -2.59. The van der Waals surface area contributed by atoms with Gasteiger partial charge in [0.2, 0.25) is 17.7 Å². The monoisotopic (exact) mass is 444 g/mol. The quantitative estimate of drug-likeness (QED) is 0.232. The minimum Gasteiger partial charge on any atom is -0.480 e. The predicted molar refractivity (Wildman–Crippen MR) is 117 cm³/mol. The first-order valence-electron chi connectivity index (χ1n) is 10.7. The molecule has 3 amide bonds. The highest BCUT2D eigenvalue weighted by Crippen LogP contribution is 2.10. The molecular weight excluding hydrogens is 404 g/mol. The van der Waals surface area contributed by atoms with Gasteiger partial charge in [-0.25, -0.2) is 4.79 Å². The van der Waals surface area contributed by atoms with Crippen molar-refractivity contribution >= 4 is 23.7 Å². The zero-order valence-electron chi connectivity index (χ0n) is 19.6. The molecular formula is C21H40N4O6. The molecule has 180 valence electrons. The van der Waals surface area contributed by atoms with E-state index in [1.807, 2.05) is 27.7 Å². The van der Waals surface area contributed by atoms with Crippen LogP contribution in [0.4, 0.5) is 0 Å². The molecule has 0 rings (SSSR count). The minimum absolute atomic E-state index is 0.0487. The van der Waals surface area contributed by atoms with Crippen LogP contribution in [0.1, 0.15) is 61.3 Å². The molecule has 0 aromatic rings. The molecule has 5 atom stereocenters. The van der Waals surface area contributed by atoms with Crippen LogP contribution >= 0.6 is 0 Å². The number of hydrogen-bond donors (Lipinski definition) is 6. The number of carboxylic acid groups (broad SMARTS) is 1. The molecule has 7 N–H and O–H groups in total. The number of carboxylic acids is 1. The lowest BCUT2D eigenvalue weighted by Gasteiger charge is -2.28. The standard InChI is InChI=1S/C21H40N4O6/c1-10(2)8-14(23-19(28)16(22)13(7)26)18(27)25-17(12(5)6)20(29)24-15(21(30)31)9-11(3)4/h10-17,26H,8-9,22H2,1-7H3,(H,23,28)(H,24,29)(H,25,27)(H,30,31). The van der Waals surface area contributed by atoms with Crippen molar-refractivity contribution in [3.05, 3.63) is 0 Å². The summed E-state index contributed by atoms with van der Waals surface area (Å²) in [6.45, 7) is 12.3. The largest absolute Gasteiger partial charge is 0.480 e. The highest BCUT2D eigenvalue weighted by atomic mass is 16.4. The molecule has 0 aromatic heterocycles. The topological polar surface area (TPSA) is 171 Å². The lowest BCUT2D eigenvalue weighted by atomic mass is 9.98. The van der Waals surface area contributed by atoms with Gasteiger partial charge in [0, 0.05) is 0 Å². The van der Waals surface area contributed by atoms with Gasteiger partial charge in [0.15, 0.2) is 0 Å². The molecule has 0 fully saturated rings. The molecule has 0 aliphatic heterocycles. The van der Waals surface area contributed by atoms with Gasteiger partial charge in [-0.05, 0) is 37.5 Å². The van der Waals surface area contributed by atoms with Crippen LogP contribution in [-0.2, 0) is 19.2 Å². The summed E-state index contributed by atoms with van der Waals surface area (Å²) in [5, 5.41) is 26.6. The van der Waals surface area contributed by atoms with Gasteiger partial charge in [-0.3, -0.25) is 14.4 Å². The van der Waals surface area contributed by atoms with Gasteiger partial charge < -0.3 is 31.9 Å². The second-order valence-corrected chi connectivity index (χ2v) is 9.22. The molecule has 0 radical (unpaired) electrons. The van der Waals surface area contributed by atoms with Crippen molar-refractivity contribution in [3.63, 3.8) is 0 Å². The summed E-state index contributed by atoms with van der Waals surface area (Å²) in [5.41, 5.74) is 5.65. The second-order valence-electron chi connectivity index (χ2n) is 9.22. The highest BCUT2D eigenvalue weighted by Gasteiger charge is 2.32. The van der Waals surface area contributed by atoms with Gasteiger partial charge in [0.05, 0.1) is 6.10 Å². The third kappa shape index (κ3) is 10.6. The Kier molecular flexibility index (Phi) is 12.3. The van der Waals surface area contributed by atoms with Crippen molar-refractivity contribution in [3.8, 4) is 0 Å². The normalized spacial score (nSPS) is 16.4. The molecule has 0 aliphatic rings. The fourth-order valence-corrected chi connectivity index (χ4v) is 2.93. The summed E-state index contributed by atoms with van der Waals surface area (Å²) < 4.78 is 0. The zero-order valence-corrected chi connectivity index (χ0v) is 19.6. The predicted octanol–water partition coefficient (Wildman–Crippen LogP) is -0.0183. The Labute approximate surface area is 184 Å². The number of aliphatic carboxylic acids is 1. The average molecular weight is 445 g/mol. The number of aliphatic hydroxyl groups is 1. The SMILES string of the molecule is CC(C)CC(NC(=O)C(NC(=O)C(CC(C)C)NC(=O)C(N)C(C)O)C(C)C)C(=O)O. The van der Waals surface area contributed by atoms with Gasteiger partial charge in [-0.15, -0.1) is 0 Å². The average Bonchev–Trinajstić information content (AvgIpc) is 2.62. The first-order chi connectivity index (χ1) is 14.2. The van der Waals surface area contributed by atoms with E-state index < -0.39 is 54.0 Å². The zero-order chi connectivity index (χ0) is 24.5. The molecule has 5 unspecified atom stereocenters. The maximum atomic E-state index is 12.9. The number of carbonyl (C=O) groups excluding carboxylic acids is 3. The van der Waals surface area contributed by atoms with Gasteiger partial charge in [-0.2, -0.15) is 0 Å². The minimum atomic E-state index is -1.20. The second kappa shape index (κ2) is 13.3. The van der Waals surface area contributed by atoms with E-state index >= 15 is 0 Å². The van der Waals surface area contributed by atoms with Crippen molar-refractivity contribution < 1.29 is 29.4 Å². The van der Waals surface area contributed by atoms with E-state index in [4.69, 9.17) is 5.73 Å². The van der Waals surface area contributed by atoms with Crippen molar-refractivity contribution in [2.45, 2.75) is 91.6 Å². The maximum Gasteiger partial charge on any atom is 0.326 e. The van der Waals surface area contributed by atoms with E-state index in [1.54, 1.807) is 13.8 Å². The molecule has 0 aromatic carbocycles. The van der Waals surface area contributed by atoms with Gasteiger partial charge >= 0.3 is 5.97 Å². The molecule has 10 nitrogen and oxygen atoms in total. The third-order valence-electron chi connectivity index (χ3n) is 4.73. The van der Waals surface area contributed by atoms with Crippen LogP contribution in [0, 0.1) is 17.8 Å². The molecule has 0 spiro atoms. The fraction of sp³-hybridized carbons (Fsp3) is 0.810. The Bertz CT molecular complexity index is 621. The Hall–Kier alpha value is -2.20. The van der Waals surface area contributed by atoms with E-state index in [-0.39, 0.29) is 24.2 Å². The number of hydrogen-bond acceptors (Lipinski definition) is 6. The fourth-order valence-electron chi connectivity index (χ4n) is 2.93. The van der Waals surface area contributed by atoms with E-state index in [2.05, 4.69) is 16.0 Å². The highest BCUT2D eigenvalue weighted by molar-refractivity contribution is 5.94. The van der Waals surface area contributed by atoms with Crippen LogP contribution in [0.25, 0.3) is 0 Å². The van der Waals surface area contributed by atoms with Crippen LogP contribution in [0.5, 0.6) is 0 Å². The lowest BCUT2D eigenvalue weighted by molar-refractivity contribution is -0.143. The summed E-state index contributed by atoms with van der Waals surface area (Å²) >= 11 is 0. The Balaban J connectivity index is 5.43. The number of rotatable bonds is 13. The Morgan fingerprint density at radius 3 is 1.58 bits per heavy atom.